The Morgan fingerprint density at radius 2 is 1.94 bits per heavy atom. The van der Waals surface area contributed by atoms with Gasteiger partial charge in [0.05, 0.1) is 18.8 Å². The predicted molar refractivity (Wildman–Crippen MR) is 134 cm³/mol. The molecular formula is C27H34ClNO6. The molecule has 1 aliphatic rings. The number of carbonyl (C=O) groups is 2. The minimum Gasteiger partial charge on any atom is -0.482 e. The molecule has 0 saturated carbocycles. The van der Waals surface area contributed by atoms with E-state index in [1.165, 1.54) is 0 Å². The van der Waals surface area contributed by atoms with Gasteiger partial charge in [-0.3, -0.25) is 4.79 Å². The first-order valence-corrected chi connectivity index (χ1v) is 12.2. The summed E-state index contributed by atoms with van der Waals surface area (Å²) in [4.78, 5) is 23.7. The van der Waals surface area contributed by atoms with E-state index in [0.29, 0.717) is 23.6 Å². The van der Waals surface area contributed by atoms with Crippen LogP contribution in [0.3, 0.4) is 0 Å². The third-order valence-electron chi connectivity index (χ3n) is 6.31. The van der Waals surface area contributed by atoms with Crippen molar-refractivity contribution in [2.24, 2.45) is 0 Å². The van der Waals surface area contributed by atoms with Crippen molar-refractivity contribution in [1.82, 2.24) is 5.32 Å². The van der Waals surface area contributed by atoms with E-state index in [1.807, 2.05) is 38.1 Å². The minimum atomic E-state index is -1.06. The second-order valence-electron chi connectivity index (χ2n) is 9.75. The van der Waals surface area contributed by atoms with Gasteiger partial charge in [0.2, 0.25) is 5.91 Å². The van der Waals surface area contributed by atoms with Crippen LogP contribution in [0.5, 0.6) is 5.75 Å². The quantitative estimate of drug-likeness (QED) is 0.440. The summed E-state index contributed by atoms with van der Waals surface area (Å²) in [6.07, 6.45) is 0.126. The van der Waals surface area contributed by atoms with Gasteiger partial charge < -0.3 is 25.0 Å². The van der Waals surface area contributed by atoms with E-state index in [0.717, 1.165) is 22.3 Å². The van der Waals surface area contributed by atoms with Crippen LogP contribution < -0.4 is 10.1 Å². The number of aliphatic hydroxyl groups is 1. The molecule has 35 heavy (non-hydrogen) atoms. The van der Waals surface area contributed by atoms with E-state index in [9.17, 15) is 19.8 Å². The summed E-state index contributed by atoms with van der Waals surface area (Å²) in [5, 5.41) is 22.1. The molecule has 0 bridgehead atoms. The molecule has 1 amide bonds. The fourth-order valence-corrected chi connectivity index (χ4v) is 4.87. The highest BCUT2D eigenvalue weighted by Gasteiger charge is 2.41. The van der Waals surface area contributed by atoms with Gasteiger partial charge in [-0.25, -0.2) is 4.79 Å². The summed E-state index contributed by atoms with van der Waals surface area (Å²) in [6, 6.07) is 11.4. The minimum absolute atomic E-state index is 0.0119. The summed E-state index contributed by atoms with van der Waals surface area (Å²) in [5.74, 6) is -0.609. The average molecular weight is 504 g/mol. The molecule has 3 atom stereocenters. The largest absolute Gasteiger partial charge is 0.482 e. The maximum atomic E-state index is 12.5. The van der Waals surface area contributed by atoms with Crippen molar-refractivity contribution >= 4 is 23.5 Å². The summed E-state index contributed by atoms with van der Waals surface area (Å²) >= 11 is 6.25. The van der Waals surface area contributed by atoms with Crippen LogP contribution >= 0.6 is 11.6 Å². The topological polar surface area (TPSA) is 105 Å². The zero-order valence-corrected chi connectivity index (χ0v) is 21.4. The number of rotatable bonds is 9. The van der Waals surface area contributed by atoms with Crippen LogP contribution in [-0.4, -0.2) is 40.8 Å². The Bertz CT molecular complexity index is 1070. The highest BCUT2D eigenvalue weighted by Crippen LogP contribution is 2.47. The average Bonchev–Trinajstić information content (AvgIpc) is 2.76. The van der Waals surface area contributed by atoms with Gasteiger partial charge in [0.25, 0.3) is 0 Å². The number of aryl methyl sites for hydroxylation is 1. The van der Waals surface area contributed by atoms with Crippen LogP contribution in [0.2, 0.25) is 5.02 Å². The molecule has 190 valence electrons. The van der Waals surface area contributed by atoms with Gasteiger partial charge in [-0.2, -0.15) is 0 Å². The number of carboxylic acid groups (broad SMARTS) is 1. The van der Waals surface area contributed by atoms with Crippen molar-refractivity contribution in [2.75, 3.05) is 13.2 Å². The normalized spacial score (nSPS) is 22.1. The van der Waals surface area contributed by atoms with Gasteiger partial charge >= 0.3 is 5.97 Å². The lowest BCUT2D eigenvalue weighted by Crippen LogP contribution is -2.51. The number of amides is 1. The zero-order chi connectivity index (χ0) is 25.8. The summed E-state index contributed by atoms with van der Waals surface area (Å²) in [6.45, 7) is 7.35. The number of aliphatic hydroxyl groups excluding tert-OH is 1. The Morgan fingerprint density at radius 3 is 2.57 bits per heavy atom. The number of hydrogen-bond donors (Lipinski definition) is 3. The number of nitrogens with one attached hydrogen (secondary N) is 1. The molecule has 8 heteroatoms. The Kier molecular flexibility index (Phi) is 8.80. The molecule has 2 aromatic rings. The number of halogens is 1. The van der Waals surface area contributed by atoms with Gasteiger partial charge in [0, 0.05) is 35.4 Å². The van der Waals surface area contributed by atoms with E-state index in [1.54, 1.807) is 6.07 Å². The molecule has 3 N–H and O–H groups in total. The maximum Gasteiger partial charge on any atom is 0.341 e. The van der Waals surface area contributed by atoms with E-state index in [-0.39, 0.29) is 31.0 Å². The monoisotopic (exact) mass is 503 g/mol. The van der Waals surface area contributed by atoms with Crippen LogP contribution in [0, 0.1) is 6.92 Å². The number of hydrogen-bond acceptors (Lipinski definition) is 5. The molecule has 0 spiro atoms. The van der Waals surface area contributed by atoms with Crippen molar-refractivity contribution in [3.05, 3.63) is 63.7 Å². The van der Waals surface area contributed by atoms with Crippen molar-refractivity contribution in [1.29, 1.82) is 0 Å². The van der Waals surface area contributed by atoms with Crippen molar-refractivity contribution in [3.8, 4) is 5.75 Å². The van der Waals surface area contributed by atoms with Crippen LogP contribution in [0.1, 0.15) is 80.4 Å². The van der Waals surface area contributed by atoms with E-state index in [2.05, 4.69) is 25.2 Å². The number of carboxylic acids is 1. The van der Waals surface area contributed by atoms with Crippen LogP contribution in [0.15, 0.2) is 36.4 Å². The van der Waals surface area contributed by atoms with Gasteiger partial charge in [0.15, 0.2) is 6.61 Å². The molecule has 0 unspecified atom stereocenters. The van der Waals surface area contributed by atoms with Crippen LogP contribution in [-0.2, 0) is 14.3 Å². The number of ether oxygens (including phenoxy) is 2. The molecule has 1 aliphatic heterocycles. The highest BCUT2D eigenvalue weighted by atomic mass is 35.5. The van der Waals surface area contributed by atoms with E-state index < -0.39 is 24.2 Å². The van der Waals surface area contributed by atoms with Gasteiger partial charge in [-0.05, 0) is 54.7 Å². The summed E-state index contributed by atoms with van der Waals surface area (Å²) < 4.78 is 12.3. The maximum absolute atomic E-state index is 12.5. The van der Waals surface area contributed by atoms with Crippen molar-refractivity contribution in [3.63, 3.8) is 0 Å². The van der Waals surface area contributed by atoms with Crippen molar-refractivity contribution < 1.29 is 29.3 Å². The molecule has 1 saturated heterocycles. The molecule has 1 heterocycles. The Hall–Kier alpha value is -2.61. The molecule has 0 radical (unpaired) electrons. The lowest BCUT2D eigenvalue weighted by molar-refractivity contribution is -0.139. The molecule has 7 nitrogen and oxygen atoms in total. The summed E-state index contributed by atoms with van der Waals surface area (Å²) in [5.41, 5.74) is 2.97. The fraction of sp³-hybridized carbons (Fsp3) is 0.481. The first-order valence-electron chi connectivity index (χ1n) is 11.8. The smallest absolute Gasteiger partial charge is 0.341 e. The lowest BCUT2D eigenvalue weighted by atomic mass is 9.80. The zero-order valence-electron chi connectivity index (χ0n) is 20.6. The molecule has 0 aliphatic carbocycles. The van der Waals surface area contributed by atoms with Crippen LogP contribution in [0.4, 0.5) is 0 Å². The summed E-state index contributed by atoms with van der Waals surface area (Å²) in [7, 11) is 0. The first kappa shape index (κ1) is 27.0. The number of benzene rings is 2. The first-order chi connectivity index (χ1) is 16.5. The van der Waals surface area contributed by atoms with Gasteiger partial charge in [-0.15, -0.1) is 0 Å². The fourth-order valence-electron chi connectivity index (χ4n) is 4.67. The Labute approximate surface area is 211 Å². The Balaban J connectivity index is 2.06. The molecular weight excluding hydrogens is 470 g/mol. The Morgan fingerprint density at radius 1 is 1.23 bits per heavy atom. The second kappa shape index (κ2) is 11.4. The predicted octanol–water partition coefficient (Wildman–Crippen LogP) is 5.09. The molecule has 1 fully saturated rings. The lowest BCUT2D eigenvalue weighted by Gasteiger charge is -2.44. The van der Waals surface area contributed by atoms with E-state index >= 15 is 0 Å². The third-order valence-corrected chi connectivity index (χ3v) is 6.55. The van der Waals surface area contributed by atoms with Gasteiger partial charge in [-0.1, -0.05) is 43.6 Å². The number of carbonyl (C=O) groups excluding carboxylic acids is 1. The SMILES string of the molecule is Cc1cc(C(C)C)cc(OCC(=O)O)c1[C@H]1C[C@@](C)(NC(=O)CCO)C[C@@H](c2cccc(Cl)c2)O1. The standard InChI is InChI=1S/C27H34ClNO6/c1-16(2)19-10-17(3)26(21(12-19)34-15-25(32)33)23-14-27(4,29-24(31)8-9-30)13-22(35-23)18-6-5-7-20(28)11-18/h5-7,10-12,16,22-23,30H,8-9,13-15H2,1-4H3,(H,29,31)(H,32,33)/t22-,23+,27-/m0/s1. The van der Waals surface area contributed by atoms with E-state index in [4.69, 9.17) is 21.1 Å². The number of aliphatic carboxylic acids is 1. The van der Waals surface area contributed by atoms with Crippen molar-refractivity contribution in [2.45, 2.75) is 70.6 Å². The van der Waals surface area contributed by atoms with Gasteiger partial charge in [0.1, 0.15) is 5.75 Å². The third kappa shape index (κ3) is 6.97. The molecule has 0 aromatic heterocycles. The van der Waals surface area contributed by atoms with Crippen LogP contribution in [0.25, 0.3) is 0 Å². The molecule has 2 aromatic carbocycles. The highest BCUT2D eigenvalue weighted by molar-refractivity contribution is 6.30. The molecule has 3 rings (SSSR count). The second-order valence-corrected chi connectivity index (χ2v) is 10.2.